The summed E-state index contributed by atoms with van der Waals surface area (Å²) in [5, 5.41) is 0. The van der Waals surface area contributed by atoms with Crippen molar-refractivity contribution < 1.29 is 21.3 Å². The Labute approximate surface area is 84.7 Å². The van der Waals surface area contributed by atoms with Crippen LogP contribution in [0, 0.1) is 0 Å². The molecule has 0 bridgehead atoms. The van der Waals surface area contributed by atoms with Crippen LogP contribution in [0.25, 0.3) is 0 Å². The fourth-order valence-electron chi connectivity index (χ4n) is 0. The second kappa shape index (κ2) is 8.46. The van der Waals surface area contributed by atoms with Gasteiger partial charge in [0.15, 0.2) is 0 Å². The summed E-state index contributed by atoms with van der Waals surface area (Å²) in [6, 6.07) is 0. The molecular weight excluding hydrogens is 179 g/mol. The van der Waals surface area contributed by atoms with Crippen molar-refractivity contribution in [3.05, 3.63) is 0 Å². The molecule has 42 valence electrons. The van der Waals surface area contributed by atoms with E-state index in [9.17, 15) is 0 Å². The molecule has 0 aliphatic heterocycles. The minimum absolute atomic E-state index is 0. The fourth-order valence-corrected chi connectivity index (χ4v) is 0. The van der Waals surface area contributed by atoms with Crippen LogP contribution in [0.5, 0.6) is 0 Å². The Balaban J connectivity index is -0.0000000750. The Morgan fingerprint density at radius 1 is 1.12 bits per heavy atom. The third-order valence-corrected chi connectivity index (χ3v) is 0. The molecule has 0 atom stereocenters. The fraction of sp³-hybridized carbons (Fsp3) is 0. The van der Waals surface area contributed by atoms with Crippen molar-refractivity contribution in [1.82, 2.24) is 0 Å². The Bertz CT molecular complexity index is 106. The molecule has 8 heavy (non-hydrogen) atoms. The van der Waals surface area contributed by atoms with Crippen LogP contribution in [-0.4, -0.2) is 71.5 Å². The van der Waals surface area contributed by atoms with Crippen molar-refractivity contribution in [2.45, 2.75) is 0 Å². The van der Waals surface area contributed by atoms with E-state index in [0.717, 1.165) is 0 Å². The van der Waals surface area contributed by atoms with Gasteiger partial charge < -0.3 is 9.11 Å². The third kappa shape index (κ3) is 146. The molecule has 0 saturated heterocycles. The van der Waals surface area contributed by atoms with Crippen LogP contribution >= 0.6 is 0 Å². The first-order valence-corrected chi connectivity index (χ1v) is 2.87. The molecule has 5 nitrogen and oxygen atoms in total. The molecule has 0 aromatic carbocycles. The van der Waals surface area contributed by atoms with E-state index in [2.05, 4.69) is 0 Å². The van der Waals surface area contributed by atoms with Gasteiger partial charge in [-0.25, -0.2) is 0 Å². The summed E-state index contributed by atoms with van der Waals surface area (Å²) in [6.45, 7) is 0. The van der Waals surface area contributed by atoms with Gasteiger partial charge in [-0.15, -0.1) is 0 Å². The second-order valence-corrected chi connectivity index (χ2v) is 1.22. The van der Waals surface area contributed by atoms with Crippen molar-refractivity contribution in [3.8, 4) is 0 Å². The van der Waals surface area contributed by atoms with Gasteiger partial charge in [0.2, 0.25) is 0 Å². The third-order valence-electron chi connectivity index (χ3n) is 0. The molecule has 0 heterocycles. The predicted molar refractivity (Wildman–Crippen MR) is 24.1 cm³/mol. The monoisotopic (exact) mass is 180 g/mol. The molecule has 0 aliphatic carbocycles. The molecule has 0 aromatic heterocycles. The van der Waals surface area contributed by atoms with Crippen LogP contribution < -0.4 is 0 Å². The SMILES string of the molecule is O=S(=O)([O-])[O-].[Ca+2].[O]=[AlH]. The minimum atomic E-state index is -5.17. The van der Waals surface area contributed by atoms with Gasteiger partial charge >= 0.3 is 57.8 Å². The molecule has 0 saturated carbocycles. The van der Waals surface area contributed by atoms with Crippen LogP contribution in [-0.2, 0) is 14.2 Å². The van der Waals surface area contributed by atoms with Crippen molar-refractivity contribution in [2.24, 2.45) is 0 Å². The second-order valence-electron chi connectivity index (χ2n) is 0.408. The molecule has 0 unspecified atom stereocenters. The molecule has 0 rings (SSSR count). The summed E-state index contributed by atoms with van der Waals surface area (Å²) < 4.78 is 42.4. The van der Waals surface area contributed by atoms with Crippen molar-refractivity contribution in [1.29, 1.82) is 0 Å². The van der Waals surface area contributed by atoms with Gasteiger partial charge in [-0.1, -0.05) is 0 Å². The zero-order valence-electron chi connectivity index (χ0n) is 3.86. The van der Waals surface area contributed by atoms with Crippen molar-refractivity contribution in [2.75, 3.05) is 0 Å². The van der Waals surface area contributed by atoms with Crippen LogP contribution in [0.4, 0.5) is 0 Å². The maximum atomic E-state index is 8.52. The Morgan fingerprint density at radius 3 is 1.12 bits per heavy atom. The topological polar surface area (TPSA) is 97.3 Å². The summed E-state index contributed by atoms with van der Waals surface area (Å²) in [6.07, 6.45) is 0. The van der Waals surface area contributed by atoms with Gasteiger partial charge in [0.25, 0.3) is 0 Å². The standard InChI is InChI=1S/Al.Ca.H2O4S.O.H/c;;1-5(2,3)4;;/h;;(H2,1,2,3,4);;/q;+2;;;/p-2. The van der Waals surface area contributed by atoms with E-state index < -0.39 is 10.4 Å². The maximum absolute atomic E-state index is 8.52. The van der Waals surface area contributed by atoms with Crippen LogP contribution in [0.2, 0.25) is 0 Å². The molecule has 0 N–H and O–H groups in total. The molecule has 0 aliphatic rings. The van der Waals surface area contributed by atoms with Crippen LogP contribution in [0.15, 0.2) is 0 Å². The van der Waals surface area contributed by atoms with E-state index >= 15 is 0 Å². The van der Waals surface area contributed by atoms with E-state index in [-0.39, 0.29) is 37.7 Å². The van der Waals surface area contributed by atoms with Gasteiger partial charge in [-0.2, -0.15) is 0 Å². The predicted octanol–water partition coefficient (Wildman–Crippen LogP) is -2.49. The Morgan fingerprint density at radius 2 is 1.12 bits per heavy atom. The summed E-state index contributed by atoms with van der Waals surface area (Å²) in [5.74, 6) is 0. The first kappa shape index (κ1) is 16.2. The molecular formula is HAlCaO5S. The van der Waals surface area contributed by atoms with Gasteiger partial charge in [0.1, 0.15) is 0 Å². The average Bonchev–Trinajstić information content (AvgIpc) is 1.36. The average molecular weight is 180 g/mol. The van der Waals surface area contributed by atoms with Crippen molar-refractivity contribution in [3.63, 3.8) is 0 Å². The van der Waals surface area contributed by atoms with Gasteiger partial charge in [-0.05, 0) is 0 Å². The van der Waals surface area contributed by atoms with Gasteiger partial charge in [0, 0.05) is 10.4 Å². The van der Waals surface area contributed by atoms with E-state index in [1.807, 2.05) is 0 Å². The van der Waals surface area contributed by atoms with E-state index in [4.69, 9.17) is 21.3 Å². The molecule has 0 fully saturated rings. The molecule has 0 amide bonds. The number of rotatable bonds is 0. The van der Waals surface area contributed by atoms with E-state index in [1.54, 1.807) is 0 Å². The Hall–Kier alpha value is 1.46. The summed E-state index contributed by atoms with van der Waals surface area (Å²) in [5.41, 5.74) is 0. The van der Waals surface area contributed by atoms with Gasteiger partial charge in [-0.3, -0.25) is 8.42 Å². The molecule has 0 spiro atoms. The molecule has 0 aromatic rings. The van der Waals surface area contributed by atoms with Crippen molar-refractivity contribution >= 4 is 64.4 Å². The van der Waals surface area contributed by atoms with Crippen LogP contribution in [0.3, 0.4) is 0 Å². The number of hydrogen-bond donors (Lipinski definition) is 0. The normalized spacial score (nSPS) is 7.62. The van der Waals surface area contributed by atoms with E-state index in [1.165, 1.54) is 0 Å². The quantitative estimate of drug-likeness (QED) is 0.233. The molecule has 0 radical (unpaired) electrons. The number of hydrogen-bond acceptors (Lipinski definition) is 5. The Kier molecular flexibility index (Phi) is 17.2. The summed E-state index contributed by atoms with van der Waals surface area (Å²) in [7, 11) is -5.17. The van der Waals surface area contributed by atoms with Gasteiger partial charge in [0.05, 0.1) is 0 Å². The zero-order chi connectivity index (χ0) is 6.50. The summed E-state index contributed by atoms with van der Waals surface area (Å²) in [4.78, 5) is 0. The summed E-state index contributed by atoms with van der Waals surface area (Å²) >= 11 is 0.611. The zero-order valence-corrected chi connectivity index (χ0v) is 8.30. The van der Waals surface area contributed by atoms with E-state index in [0.29, 0.717) is 16.2 Å². The first-order chi connectivity index (χ1) is 3.00. The van der Waals surface area contributed by atoms with Crippen LogP contribution in [0.1, 0.15) is 0 Å². The molecule has 8 heteroatoms. The first-order valence-electron chi connectivity index (χ1n) is 0.955.